The Morgan fingerprint density at radius 1 is 0.947 bits per heavy atom. The zero-order chi connectivity index (χ0) is 12.9. The van der Waals surface area contributed by atoms with Gasteiger partial charge in [0.2, 0.25) is 0 Å². The molecule has 0 unspecified atom stereocenters. The van der Waals surface area contributed by atoms with Crippen molar-refractivity contribution >= 4 is 0 Å². The van der Waals surface area contributed by atoms with E-state index in [-0.39, 0.29) is 0 Å². The maximum atomic E-state index is 5.39. The van der Waals surface area contributed by atoms with Gasteiger partial charge in [0.05, 0.1) is 13.2 Å². The fourth-order valence-corrected chi connectivity index (χ4v) is 3.05. The molecule has 0 aromatic carbocycles. The van der Waals surface area contributed by atoms with Crippen molar-refractivity contribution in [1.29, 1.82) is 0 Å². The van der Waals surface area contributed by atoms with E-state index in [2.05, 4.69) is 32.7 Å². The van der Waals surface area contributed by atoms with E-state index in [1.54, 1.807) is 0 Å². The normalized spacial score (nSPS) is 22.1. The van der Waals surface area contributed by atoms with Crippen molar-refractivity contribution < 1.29 is 4.74 Å². The largest absolute Gasteiger partial charge is 0.379 e. The van der Waals surface area contributed by atoms with E-state index in [1.807, 2.05) is 0 Å². The summed E-state index contributed by atoms with van der Waals surface area (Å²) in [6, 6.07) is 4.46. The lowest BCUT2D eigenvalue weighted by Crippen LogP contribution is -2.38. The Morgan fingerprint density at radius 2 is 1.74 bits per heavy atom. The second-order valence-corrected chi connectivity index (χ2v) is 5.63. The van der Waals surface area contributed by atoms with E-state index in [4.69, 9.17) is 4.74 Å². The van der Waals surface area contributed by atoms with Crippen LogP contribution in [0.5, 0.6) is 0 Å². The van der Waals surface area contributed by atoms with E-state index in [9.17, 15) is 0 Å². The molecule has 2 fully saturated rings. The van der Waals surface area contributed by atoms with E-state index in [0.717, 1.165) is 45.9 Å². The van der Waals surface area contributed by atoms with Gasteiger partial charge < -0.3 is 9.30 Å². The van der Waals surface area contributed by atoms with Crippen molar-refractivity contribution in [3.63, 3.8) is 0 Å². The van der Waals surface area contributed by atoms with Gasteiger partial charge in [-0.15, -0.1) is 0 Å². The van der Waals surface area contributed by atoms with Crippen LogP contribution in [0.3, 0.4) is 0 Å². The molecule has 4 nitrogen and oxygen atoms in total. The molecule has 0 spiro atoms. The summed E-state index contributed by atoms with van der Waals surface area (Å²) in [5, 5.41) is 0. The zero-order valence-electron chi connectivity index (χ0n) is 11.8. The third-order valence-electron chi connectivity index (χ3n) is 4.27. The molecule has 0 aliphatic carbocycles. The molecule has 106 valence electrons. The summed E-state index contributed by atoms with van der Waals surface area (Å²) in [5.41, 5.74) is 1.47. The van der Waals surface area contributed by atoms with Gasteiger partial charge in [-0.25, -0.2) is 0 Å². The fourth-order valence-electron chi connectivity index (χ4n) is 3.05. The molecule has 3 rings (SSSR count). The SMILES string of the molecule is c1cc(CN2CCCC2)n(CCN2CCOCC2)c1. The molecule has 2 aliphatic heterocycles. The highest BCUT2D eigenvalue weighted by Gasteiger charge is 2.14. The summed E-state index contributed by atoms with van der Waals surface area (Å²) in [6.07, 6.45) is 4.97. The second-order valence-electron chi connectivity index (χ2n) is 5.63. The Hall–Kier alpha value is -0.840. The molecule has 0 saturated carbocycles. The van der Waals surface area contributed by atoms with Crippen LogP contribution in [0.1, 0.15) is 18.5 Å². The van der Waals surface area contributed by atoms with Crippen LogP contribution in [0.2, 0.25) is 0 Å². The first-order chi connectivity index (χ1) is 9.42. The molecule has 0 bridgehead atoms. The van der Waals surface area contributed by atoms with Gasteiger partial charge in [-0.3, -0.25) is 9.80 Å². The van der Waals surface area contributed by atoms with Crippen molar-refractivity contribution in [1.82, 2.24) is 14.4 Å². The fraction of sp³-hybridized carbons (Fsp3) is 0.733. The van der Waals surface area contributed by atoms with Crippen LogP contribution >= 0.6 is 0 Å². The van der Waals surface area contributed by atoms with Gasteiger partial charge >= 0.3 is 0 Å². The molecule has 1 aromatic rings. The molecule has 0 N–H and O–H groups in total. The van der Waals surface area contributed by atoms with Crippen molar-refractivity contribution in [3.05, 3.63) is 24.0 Å². The highest BCUT2D eigenvalue weighted by Crippen LogP contribution is 2.13. The lowest BCUT2D eigenvalue weighted by molar-refractivity contribution is 0.0362. The quantitative estimate of drug-likeness (QED) is 0.801. The Kier molecular flexibility index (Phi) is 4.53. The lowest BCUT2D eigenvalue weighted by atomic mass is 10.3. The minimum absolute atomic E-state index is 0.895. The smallest absolute Gasteiger partial charge is 0.0594 e. The summed E-state index contributed by atoms with van der Waals surface area (Å²) in [7, 11) is 0. The first kappa shape index (κ1) is 13.2. The Balaban J connectivity index is 1.51. The molecular formula is C15H25N3O. The van der Waals surface area contributed by atoms with Crippen LogP contribution in [-0.4, -0.2) is 60.3 Å². The third kappa shape index (κ3) is 3.59. The van der Waals surface area contributed by atoms with Gasteiger partial charge in [-0.2, -0.15) is 0 Å². The minimum atomic E-state index is 0.895. The van der Waals surface area contributed by atoms with Crippen LogP contribution < -0.4 is 0 Å². The Bertz CT molecular complexity index is 378. The van der Waals surface area contributed by atoms with E-state index < -0.39 is 0 Å². The van der Waals surface area contributed by atoms with Gasteiger partial charge in [0, 0.05) is 44.6 Å². The molecule has 0 amide bonds. The highest BCUT2D eigenvalue weighted by atomic mass is 16.5. The topological polar surface area (TPSA) is 20.6 Å². The van der Waals surface area contributed by atoms with Gasteiger partial charge in [0.15, 0.2) is 0 Å². The zero-order valence-corrected chi connectivity index (χ0v) is 11.8. The number of hydrogen-bond acceptors (Lipinski definition) is 3. The predicted molar refractivity (Wildman–Crippen MR) is 76.2 cm³/mol. The number of hydrogen-bond donors (Lipinski definition) is 0. The number of nitrogens with zero attached hydrogens (tertiary/aromatic N) is 3. The van der Waals surface area contributed by atoms with Crippen LogP contribution in [-0.2, 0) is 17.8 Å². The van der Waals surface area contributed by atoms with Gasteiger partial charge in [0.1, 0.15) is 0 Å². The summed E-state index contributed by atoms with van der Waals surface area (Å²) in [6.45, 7) is 9.88. The van der Waals surface area contributed by atoms with Crippen LogP contribution in [0, 0.1) is 0 Å². The van der Waals surface area contributed by atoms with Crippen molar-refractivity contribution in [2.24, 2.45) is 0 Å². The van der Waals surface area contributed by atoms with Crippen LogP contribution in [0.15, 0.2) is 18.3 Å². The Labute approximate surface area is 115 Å². The molecule has 19 heavy (non-hydrogen) atoms. The molecule has 3 heterocycles. The van der Waals surface area contributed by atoms with E-state index in [0.29, 0.717) is 0 Å². The predicted octanol–water partition coefficient (Wildman–Crippen LogP) is 1.42. The molecular weight excluding hydrogens is 238 g/mol. The summed E-state index contributed by atoms with van der Waals surface area (Å²) < 4.78 is 7.82. The summed E-state index contributed by atoms with van der Waals surface area (Å²) in [4.78, 5) is 5.07. The second kappa shape index (κ2) is 6.55. The number of aromatic nitrogens is 1. The number of likely N-dealkylation sites (tertiary alicyclic amines) is 1. The minimum Gasteiger partial charge on any atom is -0.379 e. The first-order valence-corrected chi connectivity index (χ1v) is 7.58. The van der Waals surface area contributed by atoms with Crippen molar-refractivity contribution in [2.45, 2.75) is 25.9 Å². The highest BCUT2D eigenvalue weighted by molar-refractivity contribution is 5.07. The van der Waals surface area contributed by atoms with Crippen LogP contribution in [0.25, 0.3) is 0 Å². The summed E-state index contributed by atoms with van der Waals surface area (Å²) in [5.74, 6) is 0. The average Bonchev–Trinajstić information content (AvgIpc) is 3.10. The van der Waals surface area contributed by atoms with Gasteiger partial charge in [-0.1, -0.05) is 0 Å². The maximum absolute atomic E-state index is 5.39. The molecule has 1 aromatic heterocycles. The number of rotatable bonds is 5. The average molecular weight is 263 g/mol. The van der Waals surface area contributed by atoms with Crippen molar-refractivity contribution in [3.8, 4) is 0 Å². The van der Waals surface area contributed by atoms with Gasteiger partial charge in [-0.05, 0) is 38.1 Å². The van der Waals surface area contributed by atoms with Crippen LogP contribution in [0.4, 0.5) is 0 Å². The first-order valence-electron chi connectivity index (χ1n) is 7.58. The van der Waals surface area contributed by atoms with Crippen molar-refractivity contribution in [2.75, 3.05) is 45.9 Å². The number of ether oxygens (including phenoxy) is 1. The standard InChI is InChI=1S/C15H25N3O/c1-2-6-17(5-1)14-15-4-3-7-18(15)9-8-16-10-12-19-13-11-16/h3-4,7H,1-2,5-6,8-14H2. The summed E-state index contributed by atoms with van der Waals surface area (Å²) >= 11 is 0. The molecule has 2 saturated heterocycles. The molecule has 0 radical (unpaired) electrons. The number of morpholine rings is 1. The van der Waals surface area contributed by atoms with E-state index in [1.165, 1.54) is 31.6 Å². The molecule has 0 atom stereocenters. The molecule has 4 heteroatoms. The Morgan fingerprint density at radius 3 is 2.53 bits per heavy atom. The monoisotopic (exact) mass is 263 g/mol. The lowest BCUT2D eigenvalue weighted by Gasteiger charge is -2.27. The molecule has 2 aliphatic rings. The maximum Gasteiger partial charge on any atom is 0.0594 e. The van der Waals surface area contributed by atoms with Gasteiger partial charge in [0.25, 0.3) is 0 Å². The third-order valence-corrected chi connectivity index (χ3v) is 4.27. The van der Waals surface area contributed by atoms with E-state index >= 15 is 0 Å².